The molecule has 0 radical (unpaired) electrons. The van der Waals surface area contributed by atoms with Crippen molar-refractivity contribution in [2.75, 3.05) is 11.4 Å². The van der Waals surface area contributed by atoms with Gasteiger partial charge in [0.15, 0.2) is 0 Å². The maximum atomic E-state index is 12.5. The Kier molecular flexibility index (Phi) is 3.60. The van der Waals surface area contributed by atoms with Gasteiger partial charge in [0.2, 0.25) is 5.91 Å². The highest BCUT2D eigenvalue weighted by molar-refractivity contribution is 6.08. The van der Waals surface area contributed by atoms with E-state index < -0.39 is 5.54 Å². The second-order valence-electron chi connectivity index (χ2n) is 5.15. The van der Waals surface area contributed by atoms with Gasteiger partial charge in [-0.1, -0.05) is 26.0 Å². The quantitative estimate of drug-likeness (QED) is 0.902. The van der Waals surface area contributed by atoms with Crippen LogP contribution in [-0.4, -0.2) is 23.9 Å². The topological polar surface area (TPSA) is 49.4 Å². The highest BCUT2D eigenvalue weighted by Crippen LogP contribution is 2.24. The van der Waals surface area contributed by atoms with Crippen LogP contribution in [0, 0.1) is 0 Å². The number of rotatable bonds is 3. The fourth-order valence-electron chi connectivity index (χ4n) is 2.27. The molecular weight excluding hydrogens is 240 g/mol. The molecule has 1 atom stereocenters. The Labute approximate surface area is 113 Å². The molecule has 19 heavy (non-hydrogen) atoms. The minimum absolute atomic E-state index is 0.0427. The average Bonchev–Trinajstić information content (AvgIpc) is 2.43. The predicted octanol–water partition coefficient (Wildman–Crippen LogP) is 1.88. The Hall–Kier alpha value is -1.84. The summed E-state index contributed by atoms with van der Waals surface area (Å²) in [4.78, 5) is 25.8. The van der Waals surface area contributed by atoms with Crippen LogP contribution in [0.15, 0.2) is 24.3 Å². The Morgan fingerprint density at radius 2 is 1.84 bits per heavy atom. The Balaban J connectivity index is 2.31. The number of carbonyl (C=O) groups excluding carboxylic acids is 2. The summed E-state index contributed by atoms with van der Waals surface area (Å²) in [5, 5.41) is 2.78. The van der Waals surface area contributed by atoms with E-state index in [0.717, 1.165) is 12.1 Å². The van der Waals surface area contributed by atoms with Crippen LogP contribution < -0.4 is 10.2 Å². The highest BCUT2D eigenvalue weighted by atomic mass is 16.2. The lowest BCUT2D eigenvalue weighted by Gasteiger charge is -2.39. The molecule has 4 heteroatoms. The first kappa shape index (κ1) is 13.6. The molecule has 0 aliphatic carbocycles. The van der Waals surface area contributed by atoms with Crippen molar-refractivity contribution in [2.45, 2.75) is 39.2 Å². The third-order valence-corrected chi connectivity index (χ3v) is 3.80. The lowest BCUT2D eigenvalue weighted by molar-refractivity contribution is -0.135. The molecule has 1 N–H and O–H groups in total. The third-order valence-electron chi connectivity index (χ3n) is 3.80. The molecule has 2 amide bonds. The number of nitrogens with zero attached hydrogens (tertiary/aromatic N) is 1. The number of piperazine rings is 1. The Morgan fingerprint density at radius 1 is 1.21 bits per heavy atom. The van der Waals surface area contributed by atoms with Gasteiger partial charge in [-0.25, -0.2) is 0 Å². The molecule has 1 aromatic rings. The summed E-state index contributed by atoms with van der Waals surface area (Å²) in [6, 6.07) is 7.81. The van der Waals surface area contributed by atoms with E-state index in [1.165, 1.54) is 5.56 Å². The first-order valence-electron chi connectivity index (χ1n) is 6.72. The first-order chi connectivity index (χ1) is 9.00. The van der Waals surface area contributed by atoms with Crippen molar-refractivity contribution in [1.82, 2.24) is 5.32 Å². The number of aryl methyl sites for hydroxylation is 1. The maximum absolute atomic E-state index is 12.5. The predicted molar refractivity (Wildman–Crippen MR) is 75.0 cm³/mol. The van der Waals surface area contributed by atoms with Crippen LogP contribution in [0.1, 0.15) is 32.8 Å². The second kappa shape index (κ2) is 5.03. The molecule has 1 aliphatic heterocycles. The molecule has 4 nitrogen and oxygen atoms in total. The summed E-state index contributed by atoms with van der Waals surface area (Å²) in [6.07, 6.45) is 1.54. The summed E-state index contributed by atoms with van der Waals surface area (Å²) in [6.45, 7) is 5.87. The van der Waals surface area contributed by atoms with Gasteiger partial charge in [0.25, 0.3) is 5.91 Å². The van der Waals surface area contributed by atoms with E-state index in [9.17, 15) is 9.59 Å². The second-order valence-corrected chi connectivity index (χ2v) is 5.15. The molecule has 0 spiro atoms. The third kappa shape index (κ3) is 2.48. The smallest absolute Gasteiger partial charge is 0.252 e. The van der Waals surface area contributed by atoms with Crippen LogP contribution in [0.25, 0.3) is 0 Å². The summed E-state index contributed by atoms with van der Waals surface area (Å²) < 4.78 is 0. The average molecular weight is 260 g/mol. The molecule has 1 heterocycles. The van der Waals surface area contributed by atoms with Gasteiger partial charge in [-0.05, 0) is 37.5 Å². The van der Waals surface area contributed by atoms with Gasteiger partial charge in [-0.15, -0.1) is 0 Å². The summed E-state index contributed by atoms with van der Waals surface area (Å²) in [7, 11) is 0. The summed E-state index contributed by atoms with van der Waals surface area (Å²) >= 11 is 0. The van der Waals surface area contributed by atoms with Gasteiger partial charge < -0.3 is 10.2 Å². The molecule has 0 bridgehead atoms. The van der Waals surface area contributed by atoms with Crippen molar-refractivity contribution >= 4 is 17.5 Å². The fraction of sp³-hybridized carbons (Fsp3) is 0.467. The number of carbonyl (C=O) groups is 2. The highest BCUT2D eigenvalue weighted by Gasteiger charge is 2.41. The Bertz CT molecular complexity index is 495. The van der Waals surface area contributed by atoms with Crippen molar-refractivity contribution in [1.29, 1.82) is 0 Å². The molecule has 102 valence electrons. The van der Waals surface area contributed by atoms with Gasteiger partial charge in [0.05, 0.1) is 0 Å². The van der Waals surface area contributed by atoms with Crippen LogP contribution in [0.3, 0.4) is 0 Å². The van der Waals surface area contributed by atoms with Crippen molar-refractivity contribution in [3.63, 3.8) is 0 Å². The molecular formula is C15H20N2O2. The van der Waals surface area contributed by atoms with Crippen molar-refractivity contribution < 1.29 is 9.59 Å². The number of hydrogen-bond donors (Lipinski definition) is 1. The van der Waals surface area contributed by atoms with E-state index in [1.807, 2.05) is 31.2 Å². The standard InChI is InChI=1S/C15H20N2O2/c1-4-11-6-8-12(9-7-11)17-10-13(18)16-15(3,5-2)14(17)19/h6-9H,4-5,10H2,1-3H3,(H,16,18). The van der Waals surface area contributed by atoms with E-state index in [0.29, 0.717) is 6.42 Å². The van der Waals surface area contributed by atoms with Crippen LogP contribution in [-0.2, 0) is 16.0 Å². The number of anilines is 1. The van der Waals surface area contributed by atoms with Gasteiger partial charge in [-0.3, -0.25) is 9.59 Å². The zero-order valence-electron chi connectivity index (χ0n) is 11.7. The molecule has 1 unspecified atom stereocenters. The monoisotopic (exact) mass is 260 g/mol. The van der Waals surface area contributed by atoms with Crippen LogP contribution in [0.2, 0.25) is 0 Å². The van der Waals surface area contributed by atoms with Crippen molar-refractivity contribution in [2.24, 2.45) is 0 Å². The van der Waals surface area contributed by atoms with Gasteiger partial charge >= 0.3 is 0 Å². The van der Waals surface area contributed by atoms with E-state index in [4.69, 9.17) is 0 Å². The summed E-state index contributed by atoms with van der Waals surface area (Å²) in [5.74, 6) is -0.151. The van der Waals surface area contributed by atoms with Crippen molar-refractivity contribution in [3.05, 3.63) is 29.8 Å². The minimum atomic E-state index is -0.793. The molecule has 1 aliphatic rings. The normalized spacial score (nSPS) is 23.4. The zero-order valence-corrected chi connectivity index (χ0v) is 11.7. The molecule has 1 fully saturated rings. The van der Waals surface area contributed by atoms with Gasteiger partial charge in [-0.2, -0.15) is 0 Å². The van der Waals surface area contributed by atoms with Crippen LogP contribution in [0.4, 0.5) is 5.69 Å². The number of amides is 2. The molecule has 0 saturated carbocycles. The van der Waals surface area contributed by atoms with E-state index in [1.54, 1.807) is 11.8 Å². The molecule has 0 aromatic heterocycles. The molecule has 2 rings (SSSR count). The molecule has 1 saturated heterocycles. The fourth-order valence-corrected chi connectivity index (χ4v) is 2.27. The van der Waals surface area contributed by atoms with Crippen LogP contribution >= 0.6 is 0 Å². The number of hydrogen-bond acceptors (Lipinski definition) is 2. The lowest BCUT2D eigenvalue weighted by atomic mass is 9.94. The largest absolute Gasteiger partial charge is 0.340 e. The van der Waals surface area contributed by atoms with Crippen LogP contribution in [0.5, 0.6) is 0 Å². The summed E-state index contributed by atoms with van der Waals surface area (Å²) in [5.41, 5.74) is 1.21. The Morgan fingerprint density at radius 3 is 2.37 bits per heavy atom. The number of nitrogens with one attached hydrogen (secondary N) is 1. The van der Waals surface area contributed by atoms with E-state index in [-0.39, 0.29) is 18.4 Å². The van der Waals surface area contributed by atoms with E-state index >= 15 is 0 Å². The number of benzene rings is 1. The lowest BCUT2D eigenvalue weighted by Crippen LogP contribution is -2.65. The SMILES string of the molecule is CCc1ccc(N2CC(=O)NC(C)(CC)C2=O)cc1. The first-order valence-corrected chi connectivity index (χ1v) is 6.72. The van der Waals surface area contributed by atoms with E-state index in [2.05, 4.69) is 12.2 Å². The van der Waals surface area contributed by atoms with Gasteiger partial charge in [0.1, 0.15) is 12.1 Å². The maximum Gasteiger partial charge on any atom is 0.252 e. The zero-order chi connectivity index (χ0) is 14.0. The van der Waals surface area contributed by atoms with Gasteiger partial charge in [0, 0.05) is 5.69 Å². The van der Waals surface area contributed by atoms with Crippen molar-refractivity contribution in [3.8, 4) is 0 Å². The molecule has 1 aromatic carbocycles. The minimum Gasteiger partial charge on any atom is -0.340 e.